The van der Waals surface area contributed by atoms with E-state index in [9.17, 15) is 9.59 Å². The molecule has 8 heteroatoms. The molecule has 1 unspecified atom stereocenters. The summed E-state index contributed by atoms with van der Waals surface area (Å²) in [4.78, 5) is 26.8. The molecule has 25 heavy (non-hydrogen) atoms. The van der Waals surface area contributed by atoms with Crippen molar-refractivity contribution in [2.75, 3.05) is 19.6 Å². The van der Waals surface area contributed by atoms with Crippen molar-refractivity contribution in [2.45, 2.75) is 25.8 Å². The maximum absolute atomic E-state index is 12.5. The lowest BCUT2D eigenvalue weighted by Gasteiger charge is -2.33. The summed E-state index contributed by atoms with van der Waals surface area (Å²) in [5, 5.41) is 10.4. The second-order valence-electron chi connectivity index (χ2n) is 6.32. The van der Waals surface area contributed by atoms with Crippen molar-refractivity contribution in [1.82, 2.24) is 20.4 Å². The number of nitrogens with two attached hydrogens (primary N) is 1. The van der Waals surface area contributed by atoms with Crippen LogP contribution in [0.25, 0.3) is 10.9 Å². The fourth-order valence-electron chi connectivity index (χ4n) is 3.13. The maximum atomic E-state index is 12.5. The molecule has 2 aromatic rings. The van der Waals surface area contributed by atoms with Crippen LogP contribution in [0.5, 0.6) is 0 Å². The first-order chi connectivity index (χ1) is 11.6. The van der Waals surface area contributed by atoms with Crippen molar-refractivity contribution < 1.29 is 9.59 Å². The van der Waals surface area contributed by atoms with Gasteiger partial charge in [0.1, 0.15) is 6.04 Å². The molecular formula is C17H24ClN5O2. The summed E-state index contributed by atoms with van der Waals surface area (Å²) in [7, 11) is 0. The highest BCUT2D eigenvalue weighted by atomic mass is 35.5. The van der Waals surface area contributed by atoms with Gasteiger partial charge in [-0.3, -0.25) is 14.7 Å². The van der Waals surface area contributed by atoms with Crippen molar-refractivity contribution in [2.24, 2.45) is 11.7 Å². The molecule has 1 aromatic heterocycles. The van der Waals surface area contributed by atoms with Gasteiger partial charge >= 0.3 is 0 Å². The van der Waals surface area contributed by atoms with Crippen LogP contribution in [0.4, 0.5) is 0 Å². The van der Waals surface area contributed by atoms with Gasteiger partial charge in [0.25, 0.3) is 5.91 Å². The second-order valence-corrected chi connectivity index (χ2v) is 6.32. The van der Waals surface area contributed by atoms with E-state index < -0.39 is 6.04 Å². The number of carbonyl (C=O) groups excluding carboxylic acids is 2. The van der Waals surface area contributed by atoms with E-state index in [-0.39, 0.29) is 24.2 Å². The van der Waals surface area contributed by atoms with Crippen LogP contribution in [-0.2, 0) is 4.79 Å². The molecular weight excluding hydrogens is 342 g/mol. The quantitative estimate of drug-likeness (QED) is 0.759. The number of hydrogen-bond acceptors (Lipinski definition) is 4. The van der Waals surface area contributed by atoms with E-state index in [0.29, 0.717) is 31.2 Å². The Balaban J connectivity index is 0.00000225. The fourth-order valence-corrected chi connectivity index (χ4v) is 3.13. The number of fused-ring (bicyclic) bond motifs is 1. The van der Waals surface area contributed by atoms with Gasteiger partial charge in [0.05, 0.1) is 5.52 Å². The highest BCUT2D eigenvalue weighted by Gasteiger charge is 2.27. The van der Waals surface area contributed by atoms with Gasteiger partial charge in [-0.1, -0.05) is 18.2 Å². The number of H-pyrrole nitrogens is 1. The zero-order chi connectivity index (χ0) is 17.1. The van der Waals surface area contributed by atoms with Gasteiger partial charge in [0, 0.05) is 18.5 Å². The molecule has 1 atom stereocenters. The zero-order valence-corrected chi connectivity index (χ0v) is 15.0. The Kier molecular flexibility index (Phi) is 6.39. The van der Waals surface area contributed by atoms with Crippen molar-refractivity contribution in [1.29, 1.82) is 0 Å². The predicted molar refractivity (Wildman–Crippen MR) is 98.6 cm³/mol. The van der Waals surface area contributed by atoms with Crippen LogP contribution in [0.1, 0.15) is 30.3 Å². The Labute approximate surface area is 152 Å². The number of aromatic nitrogens is 2. The van der Waals surface area contributed by atoms with Gasteiger partial charge in [-0.25, -0.2) is 0 Å². The number of halogens is 1. The highest BCUT2D eigenvalue weighted by Crippen LogP contribution is 2.17. The number of para-hydroxylation sites is 1. The number of likely N-dealkylation sites (tertiary alicyclic amines) is 1. The van der Waals surface area contributed by atoms with Crippen molar-refractivity contribution >= 4 is 35.1 Å². The molecule has 4 N–H and O–H groups in total. The van der Waals surface area contributed by atoms with Crippen molar-refractivity contribution in [3.8, 4) is 0 Å². The number of nitrogens with one attached hydrogen (secondary N) is 2. The van der Waals surface area contributed by atoms with E-state index in [1.807, 2.05) is 24.3 Å². The van der Waals surface area contributed by atoms with Gasteiger partial charge in [0.2, 0.25) is 5.91 Å². The van der Waals surface area contributed by atoms with E-state index >= 15 is 0 Å². The van der Waals surface area contributed by atoms with E-state index in [0.717, 1.165) is 23.7 Å². The summed E-state index contributed by atoms with van der Waals surface area (Å²) < 4.78 is 0. The zero-order valence-electron chi connectivity index (χ0n) is 14.2. The van der Waals surface area contributed by atoms with Crippen molar-refractivity contribution in [3.05, 3.63) is 30.0 Å². The third kappa shape index (κ3) is 4.11. The molecule has 2 amide bonds. The number of piperidine rings is 1. The van der Waals surface area contributed by atoms with E-state index in [1.54, 1.807) is 11.8 Å². The third-order valence-electron chi connectivity index (χ3n) is 4.66. The van der Waals surface area contributed by atoms with Crippen LogP contribution >= 0.6 is 12.4 Å². The molecule has 0 aliphatic carbocycles. The first-order valence-electron chi connectivity index (χ1n) is 8.33. The number of carbonyl (C=O) groups is 2. The molecule has 3 rings (SSSR count). The Bertz CT molecular complexity index is 739. The summed E-state index contributed by atoms with van der Waals surface area (Å²) in [6.07, 6.45) is 1.85. The minimum absolute atomic E-state index is 0. The highest BCUT2D eigenvalue weighted by molar-refractivity contribution is 6.05. The molecule has 2 heterocycles. The summed E-state index contributed by atoms with van der Waals surface area (Å²) in [5.41, 5.74) is 6.79. The Morgan fingerprint density at radius 1 is 1.36 bits per heavy atom. The number of amides is 2. The largest absolute Gasteiger partial charge is 0.341 e. The minimum atomic E-state index is -0.581. The Morgan fingerprint density at radius 2 is 2.04 bits per heavy atom. The van der Waals surface area contributed by atoms with Gasteiger partial charge in [0.15, 0.2) is 5.69 Å². The molecule has 1 aromatic carbocycles. The molecule has 0 spiro atoms. The van der Waals surface area contributed by atoms with Gasteiger partial charge < -0.3 is 16.0 Å². The average Bonchev–Trinajstić information content (AvgIpc) is 3.05. The molecule has 0 bridgehead atoms. The molecule has 0 radical (unpaired) electrons. The maximum Gasteiger partial charge on any atom is 0.273 e. The molecule has 0 saturated carbocycles. The predicted octanol–water partition coefficient (Wildman–Crippen LogP) is 1.30. The smallest absolute Gasteiger partial charge is 0.273 e. The van der Waals surface area contributed by atoms with Gasteiger partial charge in [-0.05, 0) is 38.3 Å². The number of aromatic amines is 1. The van der Waals surface area contributed by atoms with Crippen LogP contribution in [0.3, 0.4) is 0 Å². The third-order valence-corrected chi connectivity index (χ3v) is 4.66. The van der Waals surface area contributed by atoms with Crippen LogP contribution in [0.2, 0.25) is 0 Å². The molecule has 1 aliphatic rings. The first-order valence-corrected chi connectivity index (χ1v) is 8.33. The van der Waals surface area contributed by atoms with Crippen LogP contribution in [-0.4, -0.2) is 52.6 Å². The summed E-state index contributed by atoms with van der Waals surface area (Å²) in [6.45, 7) is 3.78. The van der Waals surface area contributed by atoms with E-state index in [1.165, 1.54) is 0 Å². The first kappa shape index (κ1) is 19.2. The normalized spacial score (nSPS) is 16.3. The lowest BCUT2D eigenvalue weighted by Crippen LogP contribution is -2.49. The van der Waals surface area contributed by atoms with Crippen molar-refractivity contribution in [3.63, 3.8) is 0 Å². The van der Waals surface area contributed by atoms with Crippen LogP contribution in [0, 0.1) is 5.92 Å². The molecule has 1 aliphatic heterocycles. The SMILES string of the molecule is CC(NC(=O)c1n[nH]c2ccccc12)C(=O)N1CCC(CN)CC1.Cl. The molecule has 7 nitrogen and oxygen atoms in total. The topological polar surface area (TPSA) is 104 Å². The summed E-state index contributed by atoms with van der Waals surface area (Å²) in [6, 6.07) is 6.83. The minimum Gasteiger partial charge on any atom is -0.341 e. The van der Waals surface area contributed by atoms with Crippen LogP contribution < -0.4 is 11.1 Å². The second kappa shape index (κ2) is 8.31. The Hall–Kier alpha value is -2.12. The van der Waals surface area contributed by atoms with E-state index in [2.05, 4.69) is 15.5 Å². The standard InChI is InChI=1S/C17H23N5O2.ClH/c1-11(17(24)22-8-6-12(10-18)7-9-22)19-16(23)15-13-4-2-3-5-14(13)20-21-15;/h2-5,11-12H,6-10,18H2,1H3,(H,19,23)(H,20,21);1H. The average molecular weight is 366 g/mol. The van der Waals surface area contributed by atoms with E-state index in [4.69, 9.17) is 5.73 Å². The summed E-state index contributed by atoms with van der Waals surface area (Å²) >= 11 is 0. The number of benzene rings is 1. The number of hydrogen-bond donors (Lipinski definition) is 3. The summed E-state index contributed by atoms with van der Waals surface area (Å²) in [5.74, 6) is 0.0955. The monoisotopic (exact) mass is 365 g/mol. The van der Waals surface area contributed by atoms with Gasteiger partial charge in [-0.15, -0.1) is 12.4 Å². The molecule has 1 fully saturated rings. The lowest BCUT2D eigenvalue weighted by atomic mass is 9.97. The van der Waals surface area contributed by atoms with Crippen LogP contribution in [0.15, 0.2) is 24.3 Å². The number of nitrogens with zero attached hydrogens (tertiary/aromatic N) is 2. The number of rotatable bonds is 4. The Morgan fingerprint density at radius 3 is 2.72 bits per heavy atom. The molecule has 1 saturated heterocycles. The van der Waals surface area contributed by atoms with Gasteiger partial charge in [-0.2, -0.15) is 5.10 Å². The lowest BCUT2D eigenvalue weighted by molar-refractivity contribution is -0.134. The molecule has 136 valence electrons. The fraction of sp³-hybridized carbons (Fsp3) is 0.471.